The summed E-state index contributed by atoms with van der Waals surface area (Å²) in [4.78, 5) is 60.8. The quantitative estimate of drug-likeness (QED) is 0.0439. The average Bonchev–Trinajstić information content (AvgIpc) is 3.83. The fourth-order valence-corrected chi connectivity index (χ4v) is 9.28. The van der Waals surface area contributed by atoms with Gasteiger partial charge in [-0.1, -0.05) is 61.4 Å². The number of fused-ring (bicyclic) bond motifs is 4. The summed E-state index contributed by atoms with van der Waals surface area (Å²) in [6.07, 6.45) is 5.49. The van der Waals surface area contributed by atoms with Crippen molar-refractivity contribution in [3.05, 3.63) is 93.0 Å². The van der Waals surface area contributed by atoms with Crippen LogP contribution in [0.1, 0.15) is 92.5 Å². The molecule has 4 unspecified atom stereocenters. The fourth-order valence-electron chi connectivity index (χ4n) is 7.74. The Hall–Kier alpha value is -5.11. The highest BCUT2D eigenvalue weighted by molar-refractivity contribution is 8.00. The molecule has 0 radical (unpaired) electrons. The van der Waals surface area contributed by atoms with E-state index in [1.807, 2.05) is 48.2 Å². The Kier molecular flexibility index (Phi) is 13.3. The molecule has 2 fully saturated rings. The number of nitro benzene ring substituents is 1. The lowest BCUT2D eigenvalue weighted by Gasteiger charge is -2.18. The number of alkyl carbamates (subject to hydrolysis) is 1. The van der Waals surface area contributed by atoms with Crippen molar-refractivity contribution in [1.82, 2.24) is 21.3 Å². The molecular weight excluding hydrogens is 723 g/mol. The third kappa shape index (κ3) is 9.96. The van der Waals surface area contributed by atoms with E-state index in [0.717, 1.165) is 60.1 Å². The number of amides is 4. The van der Waals surface area contributed by atoms with Crippen LogP contribution in [-0.2, 0) is 14.3 Å². The van der Waals surface area contributed by atoms with Crippen LogP contribution < -0.4 is 26.0 Å². The van der Waals surface area contributed by atoms with E-state index in [4.69, 9.17) is 9.47 Å². The maximum Gasteiger partial charge on any atom is 0.407 e. The largest absolute Gasteiger partial charge is 0.483 e. The van der Waals surface area contributed by atoms with E-state index in [9.17, 15) is 29.3 Å². The molecule has 2 aliphatic heterocycles. The number of Topliss-reactive ketones (excluding diaryl/α,β-unsaturated/α-hetero) is 1. The van der Waals surface area contributed by atoms with Gasteiger partial charge in [-0.25, -0.2) is 9.59 Å². The Morgan fingerprint density at radius 3 is 2.36 bits per heavy atom. The second-order valence-corrected chi connectivity index (χ2v) is 15.8. The lowest BCUT2D eigenvalue weighted by Crippen LogP contribution is -2.36. The van der Waals surface area contributed by atoms with E-state index in [1.54, 1.807) is 19.9 Å². The zero-order valence-electron chi connectivity index (χ0n) is 31.3. The molecule has 55 heavy (non-hydrogen) atoms. The number of rotatable bonds is 19. The predicted octanol–water partition coefficient (Wildman–Crippen LogP) is 6.85. The van der Waals surface area contributed by atoms with E-state index < -0.39 is 17.1 Å². The van der Waals surface area contributed by atoms with Gasteiger partial charge in [-0.15, -0.1) is 0 Å². The van der Waals surface area contributed by atoms with Crippen LogP contribution in [0.3, 0.4) is 0 Å². The normalized spacial score (nSPS) is 18.7. The Morgan fingerprint density at radius 1 is 0.964 bits per heavy atom. The molecule has 3 aliphatic rings. The van der Waals surface area contributed by atoms with Gasteiger partial charge in [0.05, 0.1) is 34.7 Å². The minimum atomic E-state index is -0.743. The number of hydrogen-bond donors (Lipinski definition) is 4. The summed E-state index contributed by atoms with van der Waals surface area (Å²) in [6.45, 7) is 3.61. The molecule has 4 amide bonds. The molecule has 1 aliphatic carbocycles. The highest BCUT2D eigenvalue weighted by Gasteiger charge is 2.42. The highest BCUT2D eigenvalue weighted by atomic mass is 32.2. The van der Waals surface area contributed by atoms with E-state index in [2.05, 4.69) is 33.4 Å². The van der Waals surface area contributed by atoms with E-state index >= 15 is 0 Å². The number of nitrogens with one attached hydrogen (secondary N) is 4. The molecular formula is C41H49N5O8S. The second kappa shape index (κ2) is 18.5. The summed E-state index contributed by atoms with van der Waals surface area (Å²) in [7, 11) is 0. The molecule has 13 nitrogen and oxygen atoms in total. The van der Waals surface area contributed by atoms with Gasteiger partial charge in [-0.3, -0.25) is 19.7 Å². The first-order chi connectivity index (χ1) is 26.6. The van der Waals surface area contributed by atoms with E-state index in [1.165, 1.54) is 6.07 Å². The van der Waals surface area contributed by atoms with Crippen molar-refractivity contribution in [2.24, 2.45) is 0 Å². The number of urea groups is 1. The number of hydrogen-bond acceptors (Lipinski definition) is 9. The topological polar surface area (TPSA) is 178 Å². The molecule has 3 aromatic carbocycles. The van der Waals surface area contributed by atoms with Crippen molar-refractivity contribution >= 4 is 41.3 Å². The van der Waals surface area contributed by atoms with Gasteiger partial charge in [0, 0.05) is 36.3 Å². The van der Waals surface area contributed by atoms with Crippen LogP contribution in [0, 0.1) is 17.0 Å². The van der Waals surface area contributed by atoms with E-state index in [-0.39, 0.29) is 65.9 Å². The number of ketones is 1. The maximum absolute atomic E-state index is 12.9. The van der Waals surface area contributed by atoms with Crippen molar-refractivity contribution in [2.75, 3.05) is 25.5 Å². The third-order valence-corrected chi connectivity index (χ3v) is 12.1. The second-order valence-electron chi connectivity index (χ2n) is 14.5. The molecule has 2 saturated heterocycles. The van der Waals surface area contributed by atoms with Crippen molar-refractivity contribution in [1.29, 1.82) is 0 Å². The Bertz CT molecular complexity index is 1860. The Morgan fingerprint density at radius 2 is 1.65 bits per heavy atom. The van der Waals surface area contributed by atoms with Crippen molar-refractivity contribution in [3.63, 3.8) is 0 Å². The van der Waals surface area contributed by atoms with Crippen LogP contribution in [0.2, 0.25) is 0 Å². The molecule has 0 bridgehead atoms. The number of benzene rings is 3. The fraction of sp³-hybridized carbons (Fsp3) is 0.463. The molecule has 3 aromatic rings. The summed E-state index contributed by atoms with van der Waals surface area (Å²) in [5.41, 5.74) is 5.00. The third-order valence-electron chi connectivity index (χ3n) is 10.6. The van der Waals surface area contributed by atoms with Gasteiger partial charge in [0.2, 0.25) is 0 Å². The molecule has 2 heterocycles. The molecule has 292 valence electrons. The van der Waals surface area contributed by atoms with Crippen molar-refractivity contribution in [3.8, 4) is 16.9 Å². The SMILES string of the molecule is Cc1cc(C(C)NC(=O)OCC2c3ccccc3-c3ccccc32)c([N+](=O)[O-])cc1OCC(=O)NCCCCCC(=O)CCCCC1SCC2NC(=O)NC21. The van der Waals surface area contributed by atoms with Gasteiger partial charge in [-0.2, -0.15) is 11.8 Å². The first-order valence-electron chi connectivity index (χ1n) is 19.1. The van der Waals surface area contributed by atoms with Gasteiger partial charge in [0.25, 0.3) is 11.6 Å². The molecule has 4 atom stereocenters. The van der Waals surface area contributed by atoms with Gasteiger partial charge in [0.1, 0.15) is 18.1 Å². The standard InChI is InChI=1S/C41H49N5O8S/c1-25-20-32(26(2)43-41(50)54-22-33-30-16-8-6-14-28(30)29-15-7-9-17-31(29)33)35(46(51)52)21-36(25)53-23-38(48)42-19-11-3-4-12-27(47)13-5-10-18-37-39-34(24-55-37)44-40(49)45-39/h6-9,14-17,20-21,26,33-34,37,39H,3-5,10-13,18-19,22-24H2,1-2H3,(H,42,48)(H,43,50)(H2,44,45,49). The van der Waals surface area contributed by atoms with Crippen LogP contribution in [-0.4, -0.2) is 71.6 Å². The van der Waals surface area contributed by atoms with E-state index in [0.29, 0.717) is 36.6 Å². The van der Waals surface area contributed by atoms with Gasteiger partial charge in [0.15, 0.2) is 6.61 Å². The summed E-state index contributed by atoms with van der Waals surface area (Å²) < 4.78 is 11.3. The predicted molar refractivity (Wildman–Crippen MR) is 210 cm³/mol. The summed E-state index contributed by atoms with van der Waals surface area (Å²) in [6, 6.07) is 18.5. The number of thioether (sulfide) groups is 1. The van der Waals surface area contributed by atoms with Crippen LogP contribution in [0.15, 0.2) is 60.7 Å². The molecule has 6 rings (SSSR count). The molecule has 14 heteroatoms. The minimum Gasteiger partial charge on any atom is -0.483 e. The van der Waals surface area contributed by atoms with Crippen molar-refractivity contribution < 1.29 is 33.6 Å². The van der Waals surface area contributed by atoms with Gasteiger partial charge < -0.3 is 30.7 Å². The zero-order chi connectivity index (χ0) is 38.9. The average molecular weight is 772 g/mol. The van der Waals surface area contributed by atoms with Gasteiger partial charge >= 0.3 is 12.1 Å². The first-order valence-corrected chi connectivity index (χ1v) is 20.1. The van der Waals surface area contributed by atoms with Crippen LogP contribution in [0.5, 0.6) is 5.75 Å². The number of aryl methyl sites for hydroxylation is 1. The summed E-state index contributed by atoms with van der Waals surface area (Å²) in [5, 5.41) is 24.0. The monoisotopic (exact) mass is 771 g/mol. The van der Waals surface area contributed by atoms with Crippen molar-refractivity contribution in [2.45, 2.75) is 94.5 Å². The molecule has 0 saturated carbocycles. The number of carbonyl (C=O) groups excluding carboxylic acids is 4. The zero-order valence-corrected chi connectivity index (χ0v) is 32.1. The number of unbranched alkanes of at least 4 members (excludes halogenated alkanes) is 3. The smallest absolute Gasteiger partial charge is 0.407 e. The number of nitro groups is 1. The molecule has 0 aromatic heterocycles. The lowest BCUT2D eigenvalue weighted by molar-refractivity contribution is -0.385. The molecule has 4 N–H and O–H groups in total. The Balaban J connectivity index is 0.872. The lowest BCUT2D eigenvalue weighted by atomic mass is 9.98. The number of carbonyl (C=O) groups is 4. The van der Waals surface area contributed by atoms with Crippen LogP contribution in [0.4, 0.5) is 15.3 Å². The highest BCUT2D eigenvalue weighted by Crippen LogP contribution is 2.44. The number of nitrogens with zero attached hydrogens (tertiary/aromatic N) is 1. The molecule has 0 spiro atoms. The summed E-state index contributed by atoms with van der Waals surface area (Å²) >= 11 is 1.89. The van der Waals surface area contributed by atoms with Crippen LogP contribution >= 0.6 is 11.8 Å². The van der Waals surface area contributed by atoms with Crippen LogP contribution in [0.25, 0.3) is 11.1 Å². The maximum atomic E-state index is 12.9. The minimum absolute atomic E-state index is 0.0792. The Labute approximate surface area is 325 Å². The van der Waals surface area contributed by atoms with Gasteiger partial charge in [-0.05, 0) is 73.4 Å². The first kappa shape index (κ1) is 39.6. The summed E-state index contributed by atoms with van der Waals surface area (Å²) in [5.74, 6) is 0.918. The number of ether oxygens (including phenoxy) is 2.